The molecule has 0 saturated carbocycles. The molecular weight excluding hydrogens is 260 g/mol. The molecular formula is C19H16O2. The van der Waals surface area contributed by atoms with E-state index in [4.69, 9.17) is 4.74 Å². The summed E-state index contributed by atoms with van der Waals surface area (Å²) >= 11 is 0. The predicted molar refractivity (Wildman–Crippen MR) is 85.1 cm³/mol. The third-order valence-corrected chi connectivity index (χ3v) is 3.61. The third kappa shape index (κ3) is 2.52. The Morgan fingerprint density at radius 2 is 1.67 bits per heavy atom. The van der Waals surface area contributed by atoms with E-state index in [1.54, 1.807) is 7.11 Å². The first-order valence-electron chi connectivity index (χ1n) is 6.87. The van der Waals surface area contributed by atoms with Crippen molar-refractivity contribution < 1.29 is 9.53 Å². The van der Waals surface area contributed by atoms with E-state index in [2.05, 4.69) is 0 Å². The Kier molecular flexibility index (Phi) is 3.44. The van der Waals surface area contributed by atoms with Gasteiger partial charge in [0.1, 0.15) is 5.75 Å². The van der Waals surface area contributed by atoms with Gasteiger partial charge in [0.2, 0.25) is 0 Å². The molecule has 0 N–H and O–H groups in total. The van der Waals surface area contributed by atoms with Gasteiger partial charge in [-0.05, 0) is 41.5 Å². The van der Waals surface area contributed by atoms with Crippen LogP contribution in [0.2, 0.25) is 0 Å². The highest BCUT2D eigenvalue weighted by molar-refractivity contribution is 6.12. The molecule has 0 spiro atoms. The second kappa shape index (κ2) is 5.41. The zero-order valence-electron chi connectivity index (χ0n) is 12.1. The number of ketones is 1. The summed E-state index contributed by atoms with van der Waals surface area (Å²) in [6.45, 7) is 1.98. The van der Waals surface area contributed by atoms with E-state index in [1.165, 1.54) is 0 Å². The van der Waals surface area contributed by atoms with Gasteiger partial charge >= 0.3 is 0 Å². The molecule has 2 nitrogen and oxygen atoms in total. The van der Waals surface area contributed by atoms with Crippen molar-refractivity contribution in [1.29, 1.82) is 0 Å². The molecule has 0 fully saturated rings. The smallest absolute Gasteiger partial charge is 0.196 e. The van der Waals surface area contributed by atoms with Crippen LogP contribution in [0.3, 0.4) is 0 Å². The zero-order chi connectivity index (χ0) is 14.8. The van der Waals surface area contributed by atoms with Crippen LogP contribution in [0.5, 0.6) is 5.75 Å². The van der Waals surface area contributed by atoms with E-state index < -0.39 is 0 Å². The minimum Gasteiger partial charge on any atom is -0.496 e. The molecule has 3 aromatic carbocycles. The summed E-state index contributed by atoms with van der Waals surface area (Å²) in [5, 5.41) is 2.19. The minimum absolute atomic E-state index is 0.0161. The molecule has 0 unspecified atom stereocenters. The number of carbonyl (C=O) groups is 1. The number of carbonyl (C=O) groups excluding carboxylic acids is 1. The monoisotopic (exact) mass is 276 g/mol. The average Bonchev–Trinajstić information content (AvgIpc) is 2.53. The van der Waals surface area contributed by atoms with Crippen LogP contribution >= 0.6 is 0 Å². The normalized spacial score (nSPS) is 10.6. The molecule has 0 aliphatic rings. The van der Waals surface area contributed by atoms with E-state index in [1.807, 2.05) is 67.6 Å². The van der Waals surface area contributed by atoms with Crippen LogP contribution in [-0.2, 0) is 0 Å². The summed E-state index contributed by atoms with van der Waals surface area (Å²) in [5.74, 6) is 0.603. The lowest BCUT2D eigenvalue weighted by molar-refractivity contribution is 0.103. The molecule has 0 heterocycles. The molecule has 0 radical (unpaired) electrons. The maximum atomic E-state index is 12.7. The van der Waals surface area contributed by atoms with Crippen LogP contribution in [-0.4, -0.2) is 12.9 Å². The third-order valence-electron chi connectivity index (χ3n) is 3.61. The highest BCUT2D eigenvalue weighted by atomic mass is 16.5. The fourth-order valence-corrected chi connectivity index (χ4v) is 2.47. The largest absolute Gasteiger partial charge is 0.496 e. The highest BCUT2D eigenvalue weighted by Gasteiger charge is 2.14. The van der Waals surface area contributed by atoms with E-state index in [-0.39, 0.29) is 5.78 Å². The molecule has 0 bridgehead atoms. The van der Waals surface area contributed by atoms with Crippen molar-refractivity contribution in [3.63, 3.8) is 0 Å². The van der Waals surface area contributed by atoms with E-state index in [0.29, 0.717) is 16.9 Å². The van der Waals surface area contributed by atoms with Gasteiger partial charge in [0.25, 0.3) is 0 Å². The lowest BCUT2D eigenvalue weighted by Gasteiger charge is -2.09. The second-order valence-electron chi connectivity index (χ2n) is 5.09. The minimum atomic E-state index is -0.0161. The van der Waals surface area contributed by atoms with Crippen LogP contribution in [0.4, 0.5) is 0 Å². The Morgan fingerprint density at radius 1 is 0.905 bits per heavy atom. The first-order chi connectivity index (χ1) is 10.2. The maximum Gasteiger partial charge on any atom is 0.196 e. The number of hydrogen-bond donors (Lipinski definition) is 0. The van der Waals surface area contributed by atoms with Crippen molar-refractivity contribution in [3.05, 3.63) is 77.4 Å². The van der Waals surface area contributed by atoms with Crippen LogP contribution < -0.4 is 4.74 Å². The van der Waals surface area contributed by atoms with Gasteiger partial charge in [-0.25, -0.2) is 0 Å². The quantitative estimate of drug-likeness (QED) is 0.663. The lowest BCUT2D eigenvalue weighted by atomic mass is 9.98. The summed E-state index contributed by atoms with van der Waals surface area (Å²) in [4.78, 5) is 12.7. The molecule has 0 amide bonds. The number of ether oxygens (including phenoxy) is 1. The summed E-state index contributed by atoms with van der Waals surface area (Å²) < 4.78 is 5.34. The van der Waals surface area contributed by atoms with Gasteiger partial charge in [-0.3, -0.25) is 4.79 Å². The van der Waals surface area contributed by atoms with Crippen molar-refractivity contribution in [2.24, 2.45) is 0 Å². The van der Waals surface area contributed by atoms with E-state index >= 15 is 0 Å². The highest BCUT2D eigenvalue weighted by Crippen LogP contribution is 2.24. The SMILES string of the molecule is COc1cc(C)ccc1C(=O)c1ccc2ccccc2c1. The molecule has 0 atom stereocenters. The van der Waals surface area contributed by atoms with Gasteiger partial charge in [0, 0.05) is 5.56 Å². The van der Waals surface area contributed by atoms with Crippen LogP contribution in [0.1, 0.15) is 21.5 Å². The summed E-state index contributed by atoms with van der Waals surface area (Å²) in [5.41, 5.74) is 2.34. The van der Waals surface area contributed by atoms with Crippen LogP contribution in [0, 0.1) is 6.92 Å². The van der Waals surface area contributed by atoms with Crippen molar-refractivity contribution >= 4 is 16.6 Å². The van der Waals surface area contributed by atoms with Gasteiger partial charge in [0.15, 0.2) is 5.78 Å². The molecule has 0 aliphatic carbocycles. The Balaban J connectivity index is 2.08. The number of aryl methyl sites for hydroxylation is 1. The van der Waals surface area contributed by atoms with E-state index in [0.717, 1.165) is 16.3 Å². The van der Waals surface area contributed by atoms with Crippen molar-refractivity contribution in [2.45, 2.75) is 6.92 Å². The summed E-state index contributed by atoms with van der Waals surface area (Å²) in [6, 6.07) is 19.4. The van der Waals surface area contributed by atoms with Gasteiger partial charge in [-0.1, -0.05) is 42.5 Å². The molecule has 0 saturated heterocycles. The summed E-state index contributed by atoms with van der Waals surface area (Å²) in [6.07, 6.45) is 0. The summed E-state index contributed by atoms with van der Waals surface area (Å²) in [7, 11) is 1.59. The second-order valence-corrected chi connectivity index (χ2v) is 5.09. The molecule has 0 aromatic heterocycles. The van der Waals surface area contributed by atoms with Crippen molar-refractivity contribution in [2.75, 3.05) is 7.11 Å². The first kappa shape index (κ1) is 13.4. The maximum absolute atomic E-state index is 12.7. The van der Waals surface area contributed by atoms with Gasteiger partial charge in [-0.2, -0.15) is 0 Å². The fourth-order valence-electron chi connectivity index (χ4n) is 2.47. The number of hydrogen-bond acceptors (Lipinski definition) is 2. The average molecular weight is 276 g/mol. The molecule has 0 aliphatic heterocycles. The standard InChI is InChI=1S/C19H16O2/c1-13-7-10-17(18(11-13)21-2)19(20)16-9-8-14-5-3-4-6-15(14)12-16/h3-12H,1-2H3. The van der Waals surface area contributed by atoms with Gasteiger partial charge in [-0.15, -0.1) is 0 Å². The van der Waals surface area contributed by atoms with Gasteiger partial charge in [0.05, 0.1) is 12.7 Å². The Bertz CT molecular complexity index is 819. The predicted octanol–water partition coefficient (Wildman–Crippen LogP) is 4.39. The van der Waals surface area contributed by atoms with Crippen LogP contribution in [0.15, 0.2) is 60.7 Å². The molecule has 104 valence electrons. The Hall–Kier alpha value is -2.61. The van der Waals surface area contributed by atoms with Crippen LogP contribution in [0.25, 0.3) is 10.8 Å². The van der Waals surface area contributed by atoms with E-state index in [9.17, 15) is 4.79 Å². The number of rotatable bonds is 3. The van der Waals surface area contributed by atoms with Crippen molar-refractivity contribution in [1.82, 2.24) is 0 Å². The molecule has 3 rings (SSSR count). The molecule has 21 heavy (non-hydrogen) atoms. The fraction of sp³-hybridized carbons (Fsp3) is 0.105. The zero-order valence-corrected chi connectivity index (χ0v) is 12.1. The lowest BCUT2D eigenvalue weighted by Crippen LogP contribution is -2.04. The Morgan fingerprint density at radius 3 is 2.43 bits per heavy atom. The number of fused-ring (bicyclic) bond motifs is 1. The molecule has 3 aromatic rings. The first-order valence-corrected chi connectivity index (χ1v) is 6.87. The van der Waals surface area contributed by atoms with Gasteiger partial charge < -0.3 is 4.74 Å². The number of benzene rings is 3. The molecule has 2 heteroatoms. The number of methoxy groups -OCH3 is 1. The topological polar surface area (TPSA) is 26.3 Å². The van der Waals surface area contributed by atoms with Crippen molar-refractivity contribution in [3.8, 4) is 5.75 Å². The Labute approximate surface area is 124 Å².